The van der Waals surface area contributed by atoms with Crippen LogP contribution in [-0.4, -0.2) is 38.5 Å². The largest absolute Gasteiger partial charge is 0.379 e. The van der Waals surface area contributed by atoms with Gasteiger partial charge in [-0.3, -0.25) is 0 Å². The molecule has 0 aromatic heterocycles. The van der Waals surface area contributed by atoms with Crippen LogP contribution >= 0.6 is 0 Å². The summed E-state index contributed by atoms with van der Waals surface area (Å²) in [6, 6.07) is 0. The maximum absolute atomic E-state index is 5.97. The Bertz CT molecular complexity index is 199. The van der Waals surface area contributed by atoms with Crippen LogP contribution in [0.3, 0.4) is 0 Å². The van der Waals surface area contributed by atoms with Crippen molar-refractivity contribution in [3.63, 3.8) is 0 Å². The second kappa shape index (κ2) is 11.7. The number of ether oxygens (including phenoxy) is 2. The van der Waals surface area contributed by atoms with Crippen LogP contribution in [0.1, 0.15) is 65.2 Å². The van der Waals surface area contributed by atoms with Crippen LogP contribution in [0, 0.1) is 0 Å². The summed E-state index contributed by atoms with van der Waals surface area (Å²) in [7, 11) is 0. The summed E-state index contributed by atoms with van der Waals surface area (Å²) in [6.07, 6.45) is 10.8. The summed E-state index contributed by atoms with van der Waals surface area (Å²) in [5.74, 6) is 0. The van der Waals surface area contributed by atoms with E-state index in [0.717, 1.165) is 32.7 Å². The molecule has 2 unspecified atom stereocenters. The van der Waals surface area contributed by atoms with Crippen LogP contribution in [0.2, 0.25) is 0 Å². The zero-order valence-electron chi connectivity index (χ0n) is 13.0. The lowest BCUT2D eigenvalue weighted by molar-refractivity contribution is -0.0149. The molecule has 0 saturated carbocycles. The summed E-state index contributed by atoms with van der Waals surface area (Å²) < 4.78 is 11.7. The molecule has 3 heteroatoms. The van der Waals surface area contributed by atoms with Crippen molar-refractivity contribution in [1.82, 2.24) is 5.32 Å². The fourth-order valence-corrected chi connectivity index (χ4v) is 2.52. The molecule has 0 aromatic rings. The lowest BCUT2D eigenvalue weighted by Crippen LogP contribution is -2.28. The Labute approximate surface area is 119 Å². The van der Waals surface area contributed by atoms with Crippen LogP contribution in [-0.2, 0) is 9.47 Å². The molecule has 1 aliphatic rings. The zero-order valence-corrected chi connectivity index (χ0v) is 13.0. The van der Waals surface area contributed by atoms with E-state index in [1.165, 1.54) is 44.9 Å². The number of rotatable bonds is 12. The molecule has 114 valence electrons. The summed E-state index contributed by atoms with van der Waals surface area (Å²) in [6.45, 7) is 8.24. The number of hydrogen-bond acceptors (Lipinski definition) is 3. The average molecular weight is 271 g/mol. The van der Waals surface area contributed by atoms with Gasteiger partial charge in [0, 0.05) is 13.2 Å². The van der Waals surface area contributed by atoms with E-state index in [0.29, 0.717) is 12.2 Å². The smallest absolute Gasteiger partial charge is 0.0813 e. The van der Waals surface area contributed by atoms with E-state index in [9.17, 15) is 0 Å². The fraction of sp³-hybridized carbons (Fsp3) is 1.00. The number of unbranched alkanes of at least 4 members (excludes halogenated alkanes) is 4. The van der Waals surface area contributed by atoms with Gasteiger partial charge in [-0.25, -0.2) is 0 Å². The second-order valence-corrected chi connectivity index (χ2v) is 5.65. The molecular formula is C16H33NO2. The summed E-state index contributed by atoms with van der Waals surface area (Å²) in [5, 5.41) is 3.43. The Morgan fingerprint density at radius 3 is 2.58 bits per heavy atom. The summed E-state index contributed by atoms with van der Waals surface area (Å²) >= 11 is 0. The van der Waals surface area contributed by atoms with Gasteiger partial charge in [0.2, 0.25) is 0 Å². The topological polar surface area (TPSA) is 30.5 Å². The van der Waals surface area contributed by atoms with Gasteiger partial charge in [0.05, 0.1) is 18.8 Å². The molecule has 1 N–H and O–H groups in total. The van der Waals surface area contributed by atoms with Crippen LogP contribution in [0.4, 0.5) is 0 Å². The normalized spacial score (nSPS) is 23.1. The van der Waals surface area contributed by atoms with Crippen LogP contribution in [0.25, 0.3) is 0 Å². The van der Waals surface area contributed by atoms with E-state index in [4.69, 9.17) is 9.47 Å². The molecule has 0 bridgehead atoms. The molecule has 19 heavy (non-hydrogen) atoms. The molecule has 0 aliphatic carbocycles. The van der Waals surface area contributed by atoms with E-state index in [-0.39, 0.29) is 0 Å². The van der Waals surface area contributed by atoms with Gasteiger partial charge in [-0.1, -0.05) is 39.5 Å². The van der Waals surface area contributed by atoms with Gasteiger partial charge < -0.3 is 14.8 Å². The minimum absolute atomic E-state index is 0.337. The first kappa shape index (κ1) is 16.9. The molecule has 0 spiro atoms. The first-order valence-corrected chi connectivity index (χ1v) is 8.30. The molecule has 3 nitrogen and oxygen atoms in total. The van der Waals surface area contributed by atoms with Crippen molar-refractivity contribution in [1.29, 1.82) is 0 Å². The van der Waals surface area contributed by atoms with Crippen LogP contribution in [0.15, 0.2) is 0 Å². The van der Waals surface area contributed by atoms with Crippen molar-refractivity contribution in [2.45, 2.75) is 77.4 Å². The number of nitrogens with one attached hydrogen (secondary N) is 1. The highest BCUT2D eigenvalue weighted by atomic mass is 16.5. The lowest BCUT2D eigenvalue weighted by Gasteiger charge is -2.14. The van der Waals surface area contributed by atoms with E-state index < -0.39 is 0 Å². The maximum Gasteiger partial charge on any atom is 0.0813 e. The molecular weight excluding hydrogens is 238 g/mol. The summed E-state index contributed by atoms with van der Waals surface area (Å²) in [5.41, 5.74) is 0. The van der Waals surface area contributed by atoms with Crippen molar-refractivity contribution in [3.05, 3.63) is 0 Å². The van der Waals surface area contributed by atoms with Gasteiger partial charge in [-0.2, -0.15) is 0 Å². The molecule has 1 saturated heterocycles. The Morgan fingerprint density at radius 1 is 1.00 bits per heavy atom. The van der Waals surface area contributed by atoms with Gasteiger partial charge in [0.25, 0.3) is 0 Å². The maximum atomic E-state index is 5.97. The highest BCUT2D eigenvalue weighted by Crippen LogP contribution is 2.19. The highest BCUT2D eigenvalue weighted by Gasteiger charge is 2.24. The zero-order chi connectivity index (χ0) is 13.8. The first-order valence-electron chi connectivity index (χ1n) is 8.30. The third-order valence-corrected chi connectivity index (χ3v) is 3.69. The molecule has 1 heterocycles. The Balaban J connectivity index is 1.88. The van der Waals surface area contributed by atoms with Crippen molar-refractivity contribution in [2.24, 2.45) is 0 Å². The van der Waals surface area contributed by atoms with Crippen LogP contribution in [0.5, 0.6) is 0 Å². The molecule has 0 aromatic carbocycles. The van der Waals surface area contributed by atoms with Crippen molar-refractivity contribution < 1.29 is 9.47 Å². The third-order valence-electron chi connectivity index (χ3n) is 3.69. The van der Waals surface area contributed by atoms with Crippen molar-refractivity contribution in [3.8, 4) is 0 Å². The number of hydrogen-bond donors (Lipinski definition) is 1. The fourth-order valence-electron chi connectivity index (χ4n) is 2.52. The second-order valence-electron chi connectivity index (χ2n) is 5.65. The van der Waals surface area contributed by atoms with Gasteiger partial charge >= 0.3 is 0 Å². The Hall–Kier alpha value is -0.120. The van der Waals surface area contributed by atoms with Crippen LogP contribution < -0.4 is 5.32 Å². The first-order chi connectivity index (χ1) is 9.36. The average Bonchev–Trinajstić information content (AvgIpc) is 2.86. The van der Waals surface area contributed by atoms with Gasteiger partial charge in [0.15, 0.2) is 0 Å². The van der Waals surface area contributed by atoms with Gasteiger partial charge in [0.1, 0.15) is 0 Å². The van der Waals surface area contributed by atoms with E-state index in [1.54, 1.807) is 0 Å². The third kappa shape index (κ3) is 8.61. The Kier molecular flexibility index (Phi) is 10.4. The molecule has 1 rings (SSSR count). The van der Waals surface area contributed by atoms with Crippen molar-refractivity contribution >= 4 is 0 Å². The standard InChI is InChI=1S/C16H33NO2/c1-3-5-6-7-8-12-18-14-16-10-9-15(19-16)13-17-11-4-2/h15-17H,3-14H2,1-2H3. The minimum Gasteiger partial charge on any atom is -0.379 e. The minimum atomic E-state index is 0.337. The van der Waals surface area contributed by atoms with Gasteiger partial charge in [-0.15, -0.1) is 0 Å². The van der Waals surface area contributed by atoms with E-state index >= 15 is 0 Å². The van der Waals surface area contributed by atoms with E-state index in [1.807, 2.05) is 0 Å². The molecule has 0 amide bonds. The monoisotopic (exact) mass is 271 g/mol. The van der Waals surface area contributed by atoms with Gasteiger partial charge in [-0.05, 0) is 32.2 Å². The van der Waals surface area contributed by atoms with Crippen molar-refractivity contribution in [2.75, 3.05) is 26.3 Å². The Morgan fingerprint density at radius 2 is 1.79 bits per heavy atom. The molecule has 1 fully saturated rings. The SMILES string of the molecule is CCCCCCCOCC1CCC(CNCCC)O1. The lowest BCUT2D eigenvalue weighted by atomic mass is 10.2. The van der Waals surface area contributed by atoms with E-state index in [2.05, 4.69) is 19.2 Å². The molecule has 0 radical (unpaired) electrons. The molecule has 2 atom stereocenters. The predicted molar refractivity (Wildman–Crippen MR) is 80.6 cm³/mol. The highest BCUT2D eigenvalue weighted by molar-refractivity contribution is 4.75. The molecule has 1 aliphatic heterocycles. The quantitative estimate of drug-likeness (QED) is 0.551. The predicted octanol–water partition coefficient (Wildman–Crippen LogP) is 3.52. The summed E-state index contributed by atoms with van der Waals surface area (Å²) in [4.78, 5) is 0.